The number of benzene rings is 1. The van der Waals surface area contributed by atoms with E-state index in [1.807, 2.05) is 0 Å². The van der Waals surface area contributed by atoms with Crippen LogP contribution in [0.5, 0.6) is 11.5 Å². The Morgan fingerprint density at radius 3 is 2.88 bits per heavy atom. The Labute approximate surface area is 98.4 Å². The first-order valence-corrected chi connectivity index (χ1v) is 5.42. The number of phenols is 1. The number of methoxy groups -OCH3 is 1. The summed E-state index contributed by atoms with van der Waals surface area (Å²) in [5, 5.41) is 24.0. The van der Waals surface area contributed by atoms with E-state index in [-0.39, 0.29) is 23.2 Å². The molecule has 0 saturated carbocycles. The lowest BCUT2D eigenvalue weighted by atomic mass is 10.0. The van der Waals surface area contributed by atoms with Crippen LogP contribution in [0.1, 0.15) is 24.4 Å². The molecule has 6 heteroatoms. The van der Waals surface area contributed by atoms with Gasteiger partial charge in [-0.2, -0.15) is 0 Å². The van der Waals surface area contributed by atoms with Gasteiger partial charge in [-0.15, -0.1) is 0 Å². The highest BCUT2D eigenvalue weighted by molar-refractivity contribution is 5.54. The van der Waals surface area contributed by atoms with Crippen molar-refractivity contribution in [2.45, 2.75) is 18.9 Å². The fourth-order valence-electron chi connectivity index (χ4n) is 2.09. The van der Waals surface area contributed by atoms with Crippen LogP contribution in [0, 0.1) is 10.1 Å². The highest BCUT2D eigenvalue weighted by Gasteiger charge is 2.24. The molecule has 0 bridgehead atoms. The normalized spacial score (nSPS) is 19.2. The van der Waals surface area contributed by atoms with Crippen LogP contribution in [0.25, 0.3) is 0 Å². The minimum Gasteiger partial charge on any atom is -0.504 e. The van der Waals surface area contributed by atoms with Gasteiger partial charge in [0, 0.05) is 17.7 Å². The molecule has 1 atom stereocenters. The fourth-order valence-corrected chi connectivity index (χ4v) is 2.09. The van der Waals surface area contributed by atoms with Gasteiger partial charge >= 0.3 is 0 Å². The third-order valence-electron chi connectivity index (χ3n) is 2.96. The third kappa shape index (κ3) is 2.16. The molecule has 0 aromatic heterocycles. The summed E-state index contributed by atoms with van der Waals surface area (Å²) in [5.74, 6) is 0.125. The Hall–Kier alpha value is -1.82. The molecule has 0 radical (unpaired) electrons. The van der Waals surface area contributed by atoms with Crippen molar-refractivity contribution in [3.63, 3.8) is 0 Å². The predicted octanol–water partition coefficient (Wildman–Crippen LogP) is 1.73. The number of nitrogens with zero attached hydrogens (tertiary/aromatic N) is 1. The van der Waals surface area contributed by atoms with E-state index in [2.05, 4.69) is 5.32 Å². The zero-order chi connectivity index (χ0) is 12.4. The molecule has 1 aliphatic heterocycles. The van der Waals surface area contributed by atoms with E-state index in [4.69, 9.17) is 4.74 Å². The largest absolute Gasteiger partial charge is 0.504 e. The number of phenolic OH excluding ortho intramolecular Hbond substituents is 1. The number of non-ortho nitro benzene ring substituents is 1. The second-order valence-electron chi connectivity index (χ2n) is 3.99. The summed E-state index contributed by atoms with van der Waals surface area (Å²) in [4.78, 5) is 10.3. The predicted molar refractivity (Wildman–Crippen MR) is 61.3 cm³/mol. The molecule has 6 nitrogen and oxygen atoms in total. The van der Waals surface area contributed by atoms with Gasteiger partial charge in [0.1, 0.15) is 0 Å². The van der Waals surface area contributed by atoms with Crippen LogP contribution in [-0.4, -0.2) is 23.7 Å². The van der Waals surface area contributed by atoms with E-state index in [0.29, 0.717) is 5.56 Å². The molecule has 1 aromatic rings. The number of nitrogens with one attached hydrogen (secondary N) is 1. The lowest BCUT2D eigenvalue weighted by Crippen LogP contribution is -2.13. The lowest BCUT2D eigenvalue weighted by molar-refractivity contribution is -0.385. The molecule has 2 N–H and O–H groups in total. The smallest absolute Gasteiger partial charge is 0.273 e. The number of hydrogen-bond donors (Lipinski definition) is 2. The average Bonchev–Trinajstić information content (AvgIpc) is 2.82. The van der Waals surface area contributed by atoms with Crippen LogP contribution >= 0.6 is 0 Å². The van der Waals surface area contributed by atoms with Crippen molar-refractivity contribution in [2.24, 2.45) is 0 Å². The quantitative estimate of drug-likeness (QED) is 0.618. The Kier molecular flexibility index (Phi) is 3.14. The number of nitro groups is 1. The van der Waals surface area contributed by atoms with Gasteiger partial charge < -0.3 is 15.2 Å². The summed E-state index contributed by atoms with van der Waals surface area (Å²) >= 11 is 0. The van der Waals surface area contributed by atoms with Crippen molar-refractivity contribution in [1.29, 1.82) is 0 Å². The first-order chi connectivity index (χ1) is 8.13. The fraction of sp³-hybridized carbons (Fsp3) is 0.455. The standard InChI is InChI=1S/C11H14N2O4/c1-17-10-6-7(13(15)16)5-8(11(10)14)9-3-2-4-12-9/h5-6,9,12,14H,2-4H2,1H3/t9-/m0/s1. The zero-order valence-corrected chi connectivity index (χ0v) is 9.47. The molecule has 1 heterocycles. The second kappa shape index (κ2) is 4.58. The summed E-state index contributed by atoms with van der Waals surface area (Å²) in [6.45, 7) is 0.856. The Bertz CT molecular complexity index is 441. The van der Waals surface area contributed by atoms with Gasteiger partial charge in [0.25, 0.3) is 5.69 Å². The van der Waals surface area contributed by atoms with E-state index >= 15 is 0 Å². The van der Waals surface area contributed by atoms with Gasteiger partial charge in [-0.25, -0.2) is 0 Å². The van der Waals surface area contributed by atoms with E-state index < -0.39 is 4.92 Å². The van der Waals surface area contributed by atoms with E-state index in [0.717, 1.165) is 19.4 Å². The van der Waals surface area contributed by atoms with E-state index in [1.54, 1.807) is 0 Å². The molecule has 1 aromatic carbocycles. The Balaban J connectivity index is 2.48. The molecule has 1 saturated heterocycles. The number of hydrogen-bond acceptors (Lipinski definition) is 5. The average molecular weight is 238 g/mol. The summed E-state index contributed by atoms with van der Waals surface area (Å²) in [5.41, 5.74) is 0.469. The molecule has 92 valence electrons. The van der Waals surface area contributed by atoms with Gasteiger partial charge in [-0.05, 0) is 19.4 Å². The topological polar surface area (TPSA) is 84.6 Å². The molecule has 0 spiro atoms. The van der Waals surface area contributed by atoms with Gasteiger partial charge in [0.15, 0.2) is 11.5 Å². The van der Waals surface area contributed by atoms with Crippen LogP contribution in [0.15, 0.2) is 12.1 Å². The van der Waals surface area contributed by atoms with E-state index in [1.165, 1.54) is 19.2 Å². The number of ether oxygens (including phenoxy) is 1. The van der Waals surface area contributed by atoms with Gasteiger partial charge in [0.05, 0.1) is 18.1 Å². The summed E-state index contributed by atoms with van der Waals surface area (Å²) in [7, 11) is 1.38. The van der Waals surface area contributed by atoms with Crippen LogP contribution in [0.4, 0.5) is 5.69 Å². The molecule has 2 rings (SSSR count). The van der Waals surface area contributed by atoms with Gasteiger partial charge in [-0.3, -0.25) is 10.1 Å². The number of nitro benzene ring substituents is 1. The molecule has 1 aliphatic rings. The van der Waals surface area contributed by atoms with Gasteiger partial charge in [0.2, 0.25) is 0 Å². The zero-order valence-electron chi connectivity index (χ0n) is 9.47. The minimum atomic E-state index is -0.486. The molecule has 1 fully saturated rings. The van der Waals surface area contributed by atoms with Crippen LogP contribution < -0.4 is 10.1 Å². The van der Waals surface area contributed by atoms with Crippen LogP contribution in [0.2, 0.25) is 0 Å². The monoisotopic (exact) mass is 238 g/mol. The first kappa shape index (κ1) is 11.7. The van der Waals surface area contributed by atoms with Crippen LogP contribution in [-0.2, 0) is 0 Å². The summed E-state index contributed by atoms with van der Waals surface area (Å²) < 4.78 is 4.95. The second-order valence-corrected chi connectivity index (χ2v) is 3.99. The number of aromatic hydroxyl groups is 1. The highest BCUT2D eigenvalue weighted by Crippen LogP contribution is 2.39. The van der Waals surface area contributed by atoms with Crippen LogP contribution in [0.3, 0.4) is 0 Å². The van der Waals surface area contributed by atoms with Crippen molar-refractivity contribution in [3.8, 4) is 11.5 Å². The first-order valence-electron chi connectivity index (χ1n) is 5.42. The molecule has 0 aliphatic carbocycles. The molecule has 0 unspecified atom stereocenters. The van der Waals surface area contributed by atoms with Gasteiger partial charge in [-0.1, -0.05) is 0 Å². The Morgan fingerprint density at radius 2 is 2.35 bits per heavy atom. The molecular formula is C11H14N2O4. The summed E-state index contributed by atoms with van der Waals surface area (Å²) in [6, 6.07) is 2.60. The SMILES string of the molecule is COc1cc([N+](=O)[O-])cc([C@@H]2CCCN2)c1O. The molecule has 17 heavy (non-hydrogen) atoms. The van der Waals surface area contributed by atoms with Crippen molar-refractivity contribution in [3.05, 3.63) is 27.8 Å². The lowest BCUT2D eigenvalue weighted by Gasteiger charge is -2.14. The maximum Gasteiger partial charge on any atom is 0.273 e. The van der Waals surface area contributed by atoms with Crippen molar-refractivity contribution >= 4 is 5.69 Å². The molecular weight excluding hydrogens is 224 g/mol. The molecule has 0 amide bonds. The van der Waals surface area contributed by atoms with Crippen molar-refractivity contribution in [1.82, 2.24) is 5.32 Å². The summed E-state index contributed by atoms with van der Waals surface area (Å²) in [6.07, 6.45) is 1.85. The van der Waals surface area contributed by atoms with Crippen molar-refractivity contribution < 1.29 is 14.8 Å². The number of rotatable bonds is 3. The maximum atomic E-state index is 10.8. The third-order valence-corrected chi connectivity index (χ3v) is 2.96. The maximum absolute atomic E-state index is 10.8. The minimum absolute atomic E-state index is 0.0162. The van der Waals surface area contributed by atoms with Crippen molar-refractivity contribution in [2.75, 3.05) is 13.7 Å². The Morgan fingerprint density at radius 1 is 1.59 bits per heavy atom. The van der Waals surface area contributed by atoms with E-state index in [9.17, 15) is 15.2 Å². The highest BCUT2D eigenvalue weighted by atomic mass is 16.6.